The summed E-state index contributed by atoms with van der Waals surface area (Å²) in [7, 11) is 0. The van der Waals surface area contributed by atoms with Crippen LogP contribution in [0.25, 0.3) is 0 Å². The quantitative estimate of drug-likeness (QED) is 0.766. The van der Waals surface area contributed by atoms with E-state index in [9.17, 15) is 4.79 Å². The normalized spacial score (nSPS) is 16.9. The summed E-state index contributed by atoms with van der Waals surface area (Å²) in [5.41, 5.74) is 0. The number of aromatic nitrogens is 3. The summed E-state index contributed by atoms with van der Waals surface area (Å²) in [5.74, 6) is 0.522. The molecule has 1 aliphatic rings. The highest BCUT2D eigenvalue weighted by Crippen LogP contribution is 2.24. The van der Waals surface area contributed by atoms with Crippen LogP contribution < -0.4 is 0 Å². The Hall–Kier alpha value is -1.70. The highest BCUT2D eigenvalue weighted by atomic mass is 16.1. The van der Waals surface area contributed by atoms with Crippen LogP contribution >= 0.6 is 0 Å². The molecular weight excluding hydrogens is 204 g/mol. The lowest BCUT2D eigenvalue weighted by molar-refractivity contribution is -0.124. The van der Waals surface area contributed by atoms with Gasteiger partial charge in [0.1, 0.15) is 18.9 Å². The van der Waals surface area contributed by atoms with Gasteiger partial charge in [-0.3, -0.25) is 4.79 Å². The van der Waals surface area contributed by atoms with Crippen LogP contribution in [0, 0.1) is 17.2 Å². The predicted octanol–water partition coefficient (Wildman–Crippen LogP) is 1.30. The van der Waals surface area contributed by atoms with Crippen molar-refractivity contribution >= 4 is 5.78 Å². The molecule has 5 heteroatoms. The Bertz CT molecular complexity index is 412. The van der Waals surface area contributed by atoms with E-state index in [1.165, 1.54) is 17.4 Å². The van der Waals surface area contributed by atoms with Crippen LogP contribution in [-0.4, -0.2) is 20.5 Å². The second kappa shape index (κ2) is 4.88. The molecule has 1 fully saturated rings. The first-order chi connectivity index (χ1) is 7.79. The second-order valence-corrected chi connectivity index (χ2v) is 4.18. The maximum atomic E-state index is 11.9. The van der Waals surface area contributed by atoms with Crippen molar-refractivity contribution < 1.29 is 4.79 Å². The highest BCUT2D eigenvalue weighted by Gasteiger charge is 2.21. The predicted molar refractivity (Wildman–Crippen MR) is 56.3 cm³/mol. The average molecular weight is 218 g/mol. The summed E-state index contributed by atoms with van der Waals surface area (Å²) in [4.78, 5) is 15.7. The zero-order valence-corrected chi connectivity index (χ0v) is 9.09. The van der Waals surface area contributed by atoms with Gasteiger partial charge in [-0.05, 0) is 12.8 Å². The Kier molecular flexibility index (Phi) is 3.30. The lowest BCUT2D eigenvalue weighted by Crippen LogP contribution is -2.22. The monoisotopic (exact) mass is 218 g/mol. The molecule has 1 aromatic rings. The van der Waals surface area contributed by atoms with Gasteiger partial charge in [0.25, 0.3) is 5.82 Å². The van der Waals surface area contributed by atoms with E-state index in [0.29, 0.717) is 0 Å². The molecule has 0 spiro atoms. The molecule has 1 aromatic heterocycles. The minimum Gasteiger partial charge on any atom is -0.297 e. The smallest absolute Gasteiger partial charge is 0.252 e. The van der Waals surface area contributed by atoms with Crippen molar-refractivity contribution in [2.45, 2.75) is 38.6 Å². The standard InChI is InChI=1S/C11H14N4O/c12-6-11-13-8-15(14-11)7-10(16)9-4-2-1-3-5-9/h8-9H,1-5,7H2. The molecular formula is C11H14N4O. The van der Waals surface area contributed by atoms with Crippen molar-refractivity contribution in [3.63, 3.8) is 0 Å². The summed E-state index contributed by atoms with van der Waals surface area (Å²) in [5, 5.41) is 12.4. The number of nitrogens with zero attached hydrogens (tertiary/aromatic N) is 4. The SMILES string of the molecule is N#Cc1ncn(CC(=O)C2CCCCC2)n1. The molecule has 0 N–H and O–H groups in total. The van der Waals surface area contributed by atoms with E-state index >= 15 is 0 Å². The summed E-state index contributed by atoms with van der Waals surface area (Å²) in [6.45, 7) is 0.249. The molecule has 0 aromatic carbocycles. The maximum Gasteiger partial charge on any atom is 0.252 e. The van der Waals surface area contributed by atoms with E-state index in [4.69, 9.17) is 5.26 Å². The van der Waals surface area contributed by atoms with Gasteiger partial charge in [-0.15, -0.1) is 5.10 Å². The Morgan fingerprint density at radius 2 is 2.25 bits per heavy atom. The summed E-state index contributed by atoms with van der Waals surface area (Å²) in [6, 6.07) is 1.85. The maximum absolute atomic E-state index is 11.9. The van der Waals surface area contributed by atoms with Crippen LogP contribution in [-0.2, 0) is 11.3 Å². The van der Waals surface area contributed by atoms with Crippen LogP contribution in [0.4, 0.5) is 0 Å². The van der Waals surface area contributed by atoms with E-state index in [-0.39, 0.29) is 24.1 Å². The van der Waals surface area contributed by atoms with Crippen LogP contribution in [0.2, 0.25) is 0 Å². The molecule has 1 aliphatic carbocycles. The molecule has 0 radical (unpaired) electrons. The first-order valence-corrected chi connectivity index (χ1v) is 5.62. The number of ketones is 1. The molecule has 2 rings (SSSR count). The van der Waals surface area contributed by atoms with E-state index in [1.54, 1.807) is 0 Å². The molecule has 0 atom stereocenters. The van der Waals surface area contributed by atoms with Gasteiger partial charge in [0, 0.05) is 5.92 Å². The summed E-state index contributed by atoms with van der Waals surface area (Å²) in [6.07, 6.45) is 6.98. The molecule has 0 aliphatic heterocycles. The van der Waals surface area contributed by atoms with Crippen molar-refractivity contribution in [1.29, 1.82) is 5.26 Å². The Balaban J connectivity index is 1.93. The third-order valence-electron chi connectivity index (χ3n) is 3.01. The lowest BCUT2D eigenvalue weighted by Gasteiger charge is -2.19. The van der Waals surface area contributed by atoms with Gasteiger partial charge in [0.05, 0.1) is 0 Å². The van der Waals surface area contributed by atoms with E-state index in [1.807, 2.05) is 6.07 Å². The zero-order chi connectivity index (χ0) is 11.4. The number of carbonyl (C=O) groups is 1. The largest absolute Gasteiger partial charge is 0.297 e. The number of hydrogen-bond donors (Lipinski definition) is 0. The molecule has 5 nitrogen and oxygen atoms in total. The number of nitriles is 1. The zero-order valence-electron chi connectivity index (χ0n) is 9.09. The van der Waals surface area contributed by atoms with Crippen LogP contribution in [0.1, 0.15) is 37.9 Å². The summed E-state index contributed by atoms with van der Waals surface area (Å²) < 4.78 is 1.45. The number of hydrogen-bond acceptors (Lipinski definition) is 4. The number of Topliss-reactive ketones (excluding diaryl/α,β-unsaturated/α-hetero) is 1. The van der Waals surface area contributed by atoms with Crippen LogP contribution in [0.15, 0.2) is 6.33 Å². The van der Waals surface area contributed by atoms with Gasteiger partial charge in [-0.1, -0.05) is 19.3 Å². The van der Waals surface area contributed by atoms with Gasteiger partial charge < -0.3 is 0 Å². The molecule has 1 heterocycles. The Morgan fingerprint density at radius 3 is 2.88 bits per heavy atom. The van der Waals surface area contributed by atoms with Crippen LogP contribution in [0.5, 0.6) is 0 Å². The van der Waals surface area contributed by atoms with E-state index < -0.39 is 0 Å². The minimum absolute atomic E-state index is 0.122. The number of rotatable bonds is 3. The number of carbonyl (C=O) groups excluding carboxylic acids is 1. The van der Waals surface area contributed by atoms with Gasteiger partial charge in [-0.25, -0.2) is 9.67 Å². The van der Waals surface area contributed by atoms with E-state index in [2.05, 4.69) is 10.1 Å². The fourth-order valence-electron chi connectivity index (χ4n) is 2.14. The van der Waals surface area contributed by atoms with Crippen LogP contribution in [0.3, 0.4) is 0 Å². The molecule has 0 saturated heterocycles. The molecule has 1 saturated carbocycles. The third kappa shape index (κ3) is 2.45. The molecule has 84 valence electrons. The molecule has 0 bridgehead atoms. The van der Waals surface area contributed by atoms with Gasteiger partial charge in [0.15, 0.2) is 5.78 Å². The molecule has 16 heavy (non-hydrogen) atoms. The molecule has 0 amide bonds. The van der Waals surface area contributed by atoms with Crippen molar-refractivity contribution in [3.05, 3.63) is 12.2 Å². The van der Waals surface area contributed by atoms with Gasteiger partial charge in [-0.2, -0.15) is 5.26 Å². The van der Waals surface area contributed by atoms with Crippen molar-refractivity contribution in [2.24, 2.45) is 5.92 Å². The fraction of sp³-hybridized carbons (Fsp3) is 0.636. The first kappa shape index (κ1) is 10.8. The lowest BCUT2D eigenvalue weighted by atomic mass is 9.86. The summed E-state index contributed by atoms with van der Waals surface area (Å²) >= 11 is 0. The topological polar surface area (TPSA) is 71.6 Å². The highest BCUT2D eigenvalue weighted by molar-refractivity contribution is 5.80. The second-order valence-electron chi connectivity index (χ2n) is 4.18. The Morgan fingerprint density at radius 1 is 1.50 bits per heavy atom. The Labute approximate surface area is 94.1 Å². The molecule has 0 unspecified atom stereocenters. The van der Waals surface area contributed by atoms with Crippen molar-refractivity contribution in [2.75, 3.05) is 0 Å². The van der Waals surface area contributed by atoms with Crippen molar-refractivity contribution in [3.8, 4) is 6.07 Å². The van der Waals surface area contributed by atoms with E-state index in [0.717, 1.165) is 25.7 Å². The first-order valence-electron chi connectivity index (χ1n) is 5.62. The fourth-order valence-corrected chi connectivity index (χ4v) is 2.14. The van der Waals surface area contributed by atoms with Gasteiger partial charge >= 0.3 is 0 Å². The average Bonchev–Trinajstić information content (AvgIpc) is 2.78. The third-order valence-corrected chi connectivity index (χ3v) is 3.01. The van der Waals surface area contributed by atoms with Crippen molar-refractivity contribution in [1.82, 2.24) is 14.8 Å². The minimum atomic E-state index is 0.122. The van der Waals surface area contributed by atoms with Gasteiger partial charge in [0.2, 0.25) is 0 Å².